The second kappa shape index (κ2) is 8.87. The van der Waals surface area contributed by atoms with Gasteiger partial charge in [0.05, 0.1) is 0 Å². The van der Waals surface area contributed by atoms with Crippen molar-refractivity contribution in [2.45, 2.75) is 66.2 Å². The quantitative estimate of drug-likeness (QED) is 0.489. The molecule has 24 heavy (non-hydrogen) atoms. The first-order chi connectivity index (χ1) is 11.5. The van der Waals surface area contributed by atoms with Crippen molar-refractivity contribution in [3.8, 4) is 0 Å². The van der Waals surface area contributed by atoms with Crippen LogP contribution in [0, 0.1) is 20.8 Å². The third-order valence-electron chi connectivity index (χ3n) is 5.05. The molecule has 0 aromatic heterocycles. The van der Waals surface area contributed by atoms with Crippen molar-refractivity contribution in [1.29, 1.82) is 0 Å². The van der Waals surface area contributed by atoms with Crippen LogP contribution in [0.15, 0.2) is 48.6 Å². The van der Waals surface area contributed by atoms with Gasteiger partial charge in [0.2, 0.25) is 0 Å². The van der Waals surface area contributed by atoms with Crippen LogP contribution in [0.2, 0.25) is 0 Å². The fraction of sp³-hybridized carbons (Fsp3) is 0.417. The highest BCUT2D eigenvalue weighted by atomic mass is 14.2. The van der Waals surface area contributed by atoms with Crippen molar-refractivity contribution < 1.29 is 0 Å². The highest BCUT2D eigenvalue weighted by Crippen LogP contribution is 2.27. The van der Waals surface area contributed by atoms with Crippen LogP contribution >= 0.6 is 0 Å². The zero-order chi connectivity index (χ0) is 17.5. The molecule has 0 radical (unpaired) electrons. The summed E-state index contributed by atoms with van der Waals surface area (Å²) in [5.41, 5.74) is 8.59. The topological polar surface area (TPSA) is 0 Å². The summed E-state index contributed by atoms with van der Waals surface area (Å²) in [6.07, 6.45) is 9.35. The second-order valence-electron chi connectivity index (χ2n) is 6.99. The van der Waals surface area contributed by atoms with Gasteiger partial charge in [0.15, 0.2) is 0 Å². The monoisotopic (exact) mass is 320 g/mol. The van der Waals surface area contributed by atoms with E-state index in [0.717, 1.165) is 12.8 Å². The highest BCUT2D eigenvalue weighted by molar-refractivity contribution is 5.40. The molecule has 2 aromatic carbocycles. The van der Waals surface area contributed by atoms with Gasteiger partial charge in [0, 0.05) is 5.92 Å². The fourth-order valence-corrected chi connectivity index (χ4v) is 3.32. The van der Waals surface area contributed by atoms with E-state index in [9.17, 15) is 0 Å². The van der Waals surface area contributed by atoms with Gasteiger partial charge in [-0.25, -0.2) is 0 Å². The Balaban J connectivity index is 2.18. The number of hydrogen-bond donors (Lipinski definition) is 0. The van der Waals surface area contributed by atoms with Crippen LogP contribution in [0.25, 0.3) is 0 Å². The minimum atomic E-state index is 0.532. The van der Waals surface area contributed by atoms with Crippen LogP contribution in [0.4, 0.5) is 0 Å². The Morgan fingerprint density at radius 1 is 0.958 bits per heavy atom. The minimum Gasteiger partial charge on any atom is -0.0835 e. The third kappa shape index (κ3) is 4.84. The zero-order valence-corrected chi connectivity index (χ0v) is 16.0. The molecule has 0 fully saturated rings. The molecule has 0 aliphatic heterocycles. The Labute approximate surface area is 148 Å². The molecule has 0 saturated heterocycles. The summed E-state index contributed by atoms with van der Waals surface area (Å²) in [6, 6.07) is 13.7. The van der Waals surface area contributed by atoms with Gasteiger partial charge in [0.1, 0.15) is 0 Å². The molecule has 0 nitrogen and oxygen atoms in total. The molecule has 0 saturated carbocycles. The van der Waals surface area contributed by atoms with Crippen molar-refractivity contribution in [2.75, 3.05) is 0 Å². The predicted octanol–water partition coefficient (Wildman–Crippen LogP) is 6.86. The summed E-state index contributed by atoms with van der Waals surface area (Å²) < 4.78 is 0. The number of aryl methyl sites for hydroxylation is 3. The summed E-state index contributed by atoms with van der Waals surface area (Å²) in [6.45, 7) is 11.2. The smallest absolute Gasteiger partial charge is 0.00181 e. The highest BCUT2D eigenvalue weighted by Gasteiger charge is 2.10. The van der Waals surface area contributed by atoms with Gasteiger partial charge in [-0.1, -0.05) is 74.4 Å². The second-order valence-corrected chi connectivity index (χ2v) is 6.99. The standard InChI is InChI=1S/C24H32/c1-6-9-23(11-8-10-21-14-12-18(3)13-15-21)24-16-19(4)20(5)22(7-2)17-24/h8,11-17,23H,6-7,9-10H2,1-5H3. The lowest BCUT2D eigenvalue weighted by atomic mass is 9.88. The van der Waals surface area contributed by atoms with Gasteiger partial charge in [-0.2, -0.15) is 0 Å². The lowest BCUT2D eigenvalue weighted by Gasteiger charge is -2.17. The van der Waals surface area contributed by atoms with Gasteiger partial charge in [-0.15, -0.1) is 0 Å². The van der Waals surface area contributed by atoms with E-state index in [0.29, 0.717) is 5.92 Å². The van der Waals surface area contributed by atoms with Gasteiger partial charge >= 0.3 is 0 Å². The van der Waals surface area contributed by atoms with Gasteiger partial charge < -0.3 is 0 Å². The van der Waals surface area contributed by atoms with Gasteiger partial charge in [0.25, 0.3) is 0 Å². The molecule has 2 aromatic rings. The molecule has 2 rings (SSSR count). The summed E-state index contributed by atoms with van der Waals surface area (Å²) >= 11 is 0. The summed E-state index contributed by atoms with van der Waals surface area (Å²) in [7, 11) is 0. The molecule has 1 atom stereocenters. The maximum Gasteiger partial charge on any atom is 0.00181 e. The van der Waals surface area contributed by atoms with Crippen molar-refractivity contribution in [3.63, 3.8) is 0 Å². The molecule has 0 N–H and O–H groups in total. The molecule has 1 unspecified atom stereocenters. The molecule has 0 amide bonds. The third-order valence-corrected chi connectivity index (χ3v) is 5.05. The van der Waals surface area contributed by atoms with Crippen molar-refractivity contribution >= 4 is 0 Å². The first kappa shape index (κ1) is 18.5. The maximum atomic E-state index is 2.43. The Kier molecular flexibility index (Phi) is 6.85. The van der Waals surface area contributed by atoms with E-state index >= 15 is 0 Å². The van der Waals surface area contributed by atoms with Crippen molar-refractivity contribution in [1.82, 2.24) is 0 Å². The predicted molar refractivity (Wildman–Crippen MR) is 107 cm³/mol. The number of benzene rings is 2. The van der Waals surface area contributed by atoms with Crippen LogP contribution in [0.5, 0.6) is 0 Å². The molecular weight excluding hydrogens is 288 g/mol. The van der Waals surface area contributed by atoms with Crippen LogP contribution in [-0.2, 0) is 12.8 Å². The summed E-state index contributed by atoms with van der Waals surface area (Å²) in [5, 5.41) is 0. The van der Waals surface area contributed by atoms with E-state index in [1.54, 1.807) is 0 Å². The average molecular weight is 321 g/mol. The van der Waals surface area contributed by atoms with Crippen LogP contribution in [0.3, 0.4) is 0 Å². The Morgan fingerprint density at radius 2 is 1.67 bits per heavy atom. The molecule has 0 heteroatoms. The first-order valence-corrected chi connectivity index (χ1v) is 9.37. The average Bonchev–Trinajstić information content (AvgIpc) is 2.58. The minimum absolute atomic E-state index is 0.532. The molecule has 0 spiro atoms. The van der Waals surface area contributed by atoms with E-state index in [2.05, 4.69) is 83.2 Å². The van der Waals surface area contributed by atoms with Gasteiger partial charge in [-0.3, -0.25) is 0 Å². The van der Waals surface area contributed by atoms with Crippen molar-refractivity contribution in [2.24, 2.45) is 0 Å². The molecule has 0 bridgehead atoms. The number of allylic oxidation sites excluding steroid dienone is 2. The van der Waals surface area contributed by atoms with Crippen molar-refractivity contribution in [3.05, 3.63) is 81.9 Å². The molecule has 128 valence electrons. The lowest BCUT2D eigenvalue weighted by molar-refractivity contribution is 0.713. The largest absolute Gasteiger partial charge is 0.0835 e. The maximum absolute atomic E-state index is 2.43. The Bertz CT molecular complexity index is 674. The normalized spacial score (nSPS) is 12.7. The van der Waals surface area contributed by atoms with E-state index in [-0.39, 0.29) is 0 Å². The van der Waals surface area contributed by atoms with Crippen LogP contribution in [0.1, 0.15) is 66.0 Å². The van der Waals surface area contributed by atoms with Gasteiger partial charge in [-0.05, 0) is 67.9 Å². The SMILES string of the molecule is CCCC(C=CCc1ccc(C)cc1)c1cc(C)c(C)c(CC)c1. The van der Waals surface area contributed by atoms with E-state index < -0.39 is 0 Å². The number of hydrogen-bond acceptors (Lipinski definition) is 0. The molecular formula is C24H32. The van der Waals surface area contributed by atoms with Crippen LogP contribution < -0.4 is 0 Å². The summed E-state index contributed by atoms with van der Waals surface area (Å²) in [4.78, 5) is 0. The van der Waals surface area contributed by atoms with E-state index in [1.165, 1.54) is 46.2 Å². The molecule has 0 aliphatic rings. The zero-order valence-electron chi connectivity index (χ0n) is 16.0. The number of rotatable bonds is 7. The fourth-order valence-electron chi connectivity index (χ4n) is 3.32. The Hall–Kier alpha value is -1.82. The first-order valence-electron chi connectivity index (χ1n) is 9.37. The van der Waals surface area contributed by atoms with E-state index in [1.807, 2.05) is 0 Å². The molecule has 0 heterocycles. The summed E-state index contributed by atoms with van der Waals surface area (Å²) in [5.74, 6) is 0.532. The Morgan fingerprint density at radius 3 is 2.29 bits per heavy atom. The lowest BCUT2D eigenvalue weighted by Crippen LogP contribution is -2.00. The molecule has 0 aliphatic carbocycles. The van der Waals surface area contributed by atoms with E-state index in [4.69, 9.17) is 0 Å². The van der Waals surface area contributed by atoms with Crippen LogP contribution in [-0.4, -0.2) is 0 Å².